The van der Waals surface area contributed by atoms with E-state index in [1.54, 1.807) is 6.07 Å². The van der Waals surface area contributed by atoms with Crippen LogP contribution in [0, 0.1) is 23.5 Å². The summed E-state index contributed by atoms with van der Waals surface area (Å²) in [4.78, 5) is 0. The van der Waals surface area contributed by atoms with Crippen LogP contribution < -0.4 is 0 Å². The predicted molar refractivity (Wildman–Crippen MR) is 115 cm³/mol. The minimum absolute atomic E-state index is 0.0540. The lowest BCUT2D eigenvalue weighted by molar-refractivity contribution is -0.229. The highest BCUT2D eigenvalue weighted by atomic mass is 19.2. The summed E-state index contributed by atoms with van der Waals surface area (Å²) in [5.74, 6) is -0.129. The molecule has 0 radical (unpaired) electrons. The van der Waals surface area contributed by atoms with Gasteiger partial charge in [0.05, 0.1) is 13.2 Å². The maximum atomic E-state index is 13.5. The van der Waals surface area contributed by atoms with Crippen LogP contribution in [-0.2, 0) is 9.47 Å². The second-order valence-corrected chi connectivity index (χ2v) is 8.63. The fraction of sp³-hybridized carbons (Fsp3) is 0.462. The molecule has 0 amide bonds. The summed E-state index contributed by atoms with van der Waals surface area (Å²) in [6, 6.07) is 12.3. The van der Waals surface area contributed by atoms with Gasteiger partial charge in [-0.1, -0.05) is 36.4 Å². The number of halogens is 2. The lowest BCUT2D eigenvalue weighted by atomic mass is 9.78. The molecule has 1 aliphatic heterocycles. The van der Waals surface area contributed by atoms with Crippen molar-refractivity contribution in [2.45, 2.75) is 50.7 Å². The van der Waals surface area contributed by atoms with Gasteiger partial charge >= 0.3 is 0 Å². The monoisotopic (exact) mass is 412 g/mol. The standard InChI is InChI=1S/C26H30F2O2/c1-2-3-4-18-16-29-26(30-17-18)22-11-9-20(10-12-22)19-5-7-21(8-6-19)23-13-14-24(27)25(28)15-23/h2,5-8,13-15,18,20,22,26H,1,3-4,9-12,16-17H2. The van der Waals surface area contributed by atoms with Crippen LogP contribution in [0.4, 0.5) is 8.78 Å². The Hall–Kier alpha value is -2.04. The van der Waals surface area contributed by atoms with Crippen molar-refractivity contribution in [2.24, 2.45) is 11.8 Å². The average Bonchev–Trinajstić information content (AvgIpc) is 2.80. The molecule has 0 atom stereocenters. The minimum atomic E-state index is -0.815. The topological polar surface area (TPSA) is 18.5 Å². The molecule has 1 aliphatic carbocycles. The Morgan fingerprint density at radius 3 is 2.17 bits per heavy atom. The lowest BCUT2D eigenvalue weighted by Gasteiger charge is -2.37. The van der Waals surface area contributed by atoms with Crippen LogP contribution >= 0.6 is 0 Å². The van der Waals surface area contributed by atoms with E-state index in [2.05, 4.69) is 18.7 Å². The summed E-state index contributed by atoms with van der Waals surface area (Å²) in [5, 5.41) is 0. The van der Waals surface area contributed by atoms with Crippen LogP contribution in [0.25, 0.3) is 11.1 Å². The average molecular weight is 413 g/mol. The van der Waals surface area contributed by atoms with Crippen molar-refractivity contribution in [1.29, 1.82) is 0 Å². The number of hydrogen-bond donors (Lipinski definition) is 0. The Kier molecular flexibility index (Phi) is 6.96. The molecule has 4 rings (SSSR count). The molecule has 0 aromatic heterocycles. The third-order valence-electron chi connectivity index (χ3n) is 6.56. The SMILES string of the molecule is C=CCCC1COC(C2CCC(c3ccc(-c4ccc(F)c(F)c4)cc3)CC2)OC1. The Morgan fingerprint density at radius 2 is 1.53 bits per heavy atom. The van der Waals surface area contributed by atoms with Gasteiger partial charge in [0.25, 0.3) is 0 Å². The quantitative estimate of drug-likeness (QED) is 0.483. The van der Waals surface area contributed by atoms with E-state index in [4.69, 9.17) is 9.47 Å². The Balaban J connectivity index is 1.29. The van der Waals surface area contributed by atoms with Crippen LogP contribution in [-0.4, -0.2) is 19.5 Å². The van der Waals surface area contributed by atoms with Gasteiger partial charge in [-0.2, -0.15) is 0 Å². The van der Waals surface area contributed by atoms with E-state index in [1.165, 1.54) is 17.7 Å². The van der Waals surface area contributed by atoms with E-state index in [-0.39, 0.29) is 6.29 Å². The zero-order valence-corrected chi connectivity index (χ0v) is 17.4. The van der Waals surface area contributed by atoms with Gasteiger partial charge in [0.2, 0.25) is 0 Å². The van der Waals surface area contributed by atoms with Crippen molar-refractivity contribution in [3.05, 3.63) is 72.3 Å². The van der Waals surface area contributed by atoms with Crippen molar-refractivity contribution < 1.29 is 18.3 Å². The summed E-state index contributed by atoms with van der Waals surface area (Å²) in [7, 11) is 0. The summed E-state index contributed by atoms with van der Waals surface area (Å²) in [5.41, 5.74) is 2.92. The molecule has 0 spiro atoms. The van der Waals surface area contributed by atoms with E-state index >= 15 is 0 Å². The van der Waals surface area contributed by atoms with Crippen molar-refractivity contribution in [3.63, 3.8) is 0 Å². The van der Waals surface area contributed by atoms with Gasteiger partial charge in [-0.15, -0.1) is 6.58 Å². The summed E-state index contributed by atoms with van der Waals surface area (Å²) < 4.78 is 38.7. The van der Waals surface area contributed by atoms with Crippen LogP contribution in [0.3, 0.4) is 0 Å². The van der Waals surface area contributed by atoms with Gasteiger partial charge in [-0.25, -0.2) is 8.78 Å². The summed E-state index contributed by atoms with van der Waals surface area (Å²) >= 11 is 0. The Bertz CT molecular complexity index is 833. The first-order chi connectivity index (χ1) is 14.6. The van der Waals surface area contributed by atoms with Crippen LogP contribution in [0.1, 0.15) is 50.0 Å². The smallest absolute Gasteiger partial charge is 0.160 e. The molecule has 1 saturated heterocycles. The van der Waals surface area contributed by atoms with Crippen LogP contribution in [0.15, 0.2) is 55.1 Å². The second kappa shape index (κ2) is 9.84. The number of rotatable bonds is 6. The van der Waals surface area contributed by atoms with E-state index < -0.39 is 11.6 Å². The molecule has 2 aromatic carbocycles. The molecule has 1 saturated carbocycles. The summed E-state index contributed by atoms with van der Waals surface area (Å²) in [6.07, 6.45) is 8.47. The van der Waals surface area contributed by atoms with Crippen molar-refractivity contribution in [3.8, 4) is 11.1 Å². The maximum absolute atomic E-state index is 13.5. The number of hydrogen-bond acceptors (Lipinski definition) is 2. The van der Waals surface area contributed by atoms with Crippen LogP contribution in [0.2, 0.25) is 0 Å². The Morgan fingerprint density at radius 1 is 0.867 bits per heavy atom. The number of ether oxygens (including phenoxy) is 2. The minimum Gasteiger partial charge on any atom is -0.352 e. The lowest BCUT2D eigenvalue weighted by Crippen LogP contribution is -2.38. The zero-order chi connectivity index (χ0) is 20.9. The highest BCUT2D eigenvalue weighted by Crippen LogP contribution is 2.39. The second-order valence-electron chi connectivity index (χ2n) is 8.63. The number of benzene rings is 2. The van der Waals surface area contributed by atoms with E-state index in [0.717, 1.165) is 57.3 Å². The van der Waals surface area contributed by atoms with E-state index in [1.807, 2.05) is 18.2 Å². The fourth-order valence-corrected chi connectivity index (χ4v) is 4.70. The van der Waals surface area contributed by atoms with E-state index in [9.17, 15) is 8.78 Å². The first kappa shape index (κ1) is 21.2. The van der Waals surface area contributed by atoms with Gasteiger partial charge in [-0.3, -0.25) is 0 Å². The van der Waals surface area contributed by atoms with Crippen molar-refractivity contribution in [2.75, 3.05) is 13.2 Å². The summed E-state index contributed by atoms with van der Waals surface area (Å²) in [6.45, 7) is 5.37. The molecule has 2 nitrogen and oxygen atoms in total. The fourth-order valence-electron chi connectivity index (χ4n) is 4.70. The third kappa shape index (κ3) is 4.98. The largest absolute Gasteiger partial charge is 0.352 e. The molecule has 4 heteroatoms. The van der Waals surface area contributed by atoms with Gasteiger partial charge < -0.3 is 9.47 Å². The molecular formula is C26H30F2O2. The maximum Gasteiger partial charge on any atom is 0.160 e. The Labute approximate surface area is 177 Å². The van der Waals surface area contributed by atoms with Gasteiger partial charge in [0.15, 0.2) is 17.9 Å². The first-order valence-electron chi connectivity index (χ1n) is 11.0. The molecule has 0 N–H and O–H groups in total. The highest BCUT2D eigenvalue weighted by molar-refractivity contribution is 5.63. The molecule has 0 unspecified atom stereocenters. The zero-order valence-electron chi connectivity index (χ0n) is 17.4. The molecule has 160 valence electrons. The molecule has 30 heavy (non-hydrogen) atoms. The van der Waals surface area contributed by atoms with Gasteiger partial charge in [0.1, 0.15) is 0 Å². The molecule has 2 aromatic rings. The highest BCUT2D eigenvalue weighted by Gasteiger charge is 2.32. The number of allylic oxidation sites excluding steroid dienone is 1. The molecule has 2 fully saturated rings. The van der Waals surface area contributed by atoms with Crippen molar-refractivity contribution in [1.82, 2.24) is 0 Å². The van der Waals surface area contributed by atoms with E-state index in [0.29, 0.717) is 23.3 Å². The molecular weight excluding hydrogens is 382 g/mol. The van der Waals surface area contributed by atoms with Gasteiger partial charge in [0, 0.05) is 11.8 Å². The normalized spacial score (nSPS) is 27.0. The third-order valence-corrected chi connectivity index (χ3v) is 6.56. The van der Waals surface area contributed by atoms with Crippen LogP contribution in [0.5, 0.6) is 0 Å². The molecule has 0 bridgehead atoms. The molecule has 1 heterocycles. The van der Waals surface area contributed by atoms with Gasteiger partial charge in [-0.05, 0) is 73.3 Å². The van der Waals surface area contributed by atoms with Crippen molar-refractivity contribution >= 4 is 0 Å². The first-order valence-corrected chi connectivity index (χ1v) is 11.0. The predicted octanol–water partition coefficient (Wildman–Crippen LogP) is 6.86. The molecule has 2 aliphatic rings.